The summed E-state index contributed by atoms with van der Waals surface area (Å²) in [4.78, 5) is -0.274. The summed E-state index contributed by atoms with van der Waals surface area (Å²) < 4.78 is 90.2. The first-order valence-corrected chi connectivity index (χ1v) is 11.0. The highest BCUT2D eigenvalue weighted by Crippen LogP contribution is 2.40. The molecule has 0 radical (unpaired) electrons. The Kier molecular flexibility index (Phi) is 5.91. The second-order valence-corrected chi connectivity index (χ2v) is 8.95. The van der Waals surface area contributed by atoms with Crippen molar-refractivity contribution in [1.29, 1.82) is 0 Å². The maximum atomic E-state index is 13.9. The van der Waals surface area contributed by atoms with Crippen molar-refractivity contribution in [3.05, 3.63) is 71.3 Å². The zero-order valence-corrected chi connectivity index (χ0v) is 17.6. The van der Waals surface area contributed by atoms with Crippen molar-refractivity contribution >= 4 is 27.3 Å². The standard InChI is InChI=1S/C21H14ClF4NO4S/c22-20-16(9-13(23)10-17(20)24)12-4-5-19-18(8-12)27(6-7-30-19)32(28,29)15-3-1-2-14(11-15)31-21(25)26/h1-5,8-11,21H,6-7H2. The number of ether oxygens (including phenoxy) is 2. The molecular weight excluding hydrogens is 474 g/mol. The monoisotopic (exact) mass is 487 g/mol. The lowest BCUT2D eigenvalue weighted by Gasteiger charge is -2.31. The molecule has 0 fully saturated rings. The normalized spacial score (nSPS) is 13.6. The Morgan fingerprint density at radius 2 is 1.84 bits per heavy atom. The van der Waals surface area contributed by atoms with E-state index in [1.165, 1.54) is 36.4 Å². The second-order valence-electron chi connectivity index (χ2n) is 6.71. The van der Waals surface area contributed by atoms with Gasteiger partial charge in [0.25, 0.3) is 10.0 Å². The molecule has 32 heavy (non-hydrogen) atoms. The molecule has 1 aliphatic rings. The quantitative estimate of drug-likeness (QED) is 0.353. The van der Waals surface area contributed by atoms with Gasteiger partial charge in [0.2, 0.25) is 0 Å². The third-order valence-corrected chi connectivity index (χ3v) is 6.90. The van der Waals surface area contributed by atoms with E-state index in [0.717, 1.165) is 16.4 Å². The Bertz CT molecular complexity index is 1290. The molecule has 5 nitrogen and oxygen atoms in total. The number of benzene rings is 3. The molecule has 0 spiro atoms. The Morgan fingerprint density at radius 3 is 2.59 bits per heavy atom. The maximum absolute atomic E-state index is 13.9. The molecule has 3 aromatic carbocycles. The SMILES string of the molecule is O=S(=O)(c1cccc(OC(F)F)c1)N1CCOc2ccc(-c3cc(F)cc(F)c3Cl)cc21. The molecule has 4 rings (SSSR count). The fraction of sp³-hybridized carbons (Fsp3) is 0.143. The van der Waals surface area contributed by atoms with Crippen molar-refractivity contribution in [1.82, 2.24) is 0 Å². The van der Waals surface area contributed by atoms with E-state index in [9.17, 15) is 26.0 Å². The molecule has 0 saturated heterocycles. The Morgan fingerprint density at radius 1 is 1.06 bits per heavy atom. The summed E-state index contributed by atoms with van der Waals surface area (Å²) in [6.07, 6.45) is 0. The van der Waals surface area contributed by atoms with E-state index in [4.69, 9.17) is 16.3 Å². The number of hydrogen-bond acceptors (Lipinski definition) is 4. The number of anilines is 1. The van der Waals surface area contributed by atoms with Gasteiger partial charge in [-0.15, -0.1) is 0 Å². The minimum absolute atomic E-state index is 0.0298. The van der Waals surface area contributed by atoms with Gasteiger partial charge in [0, 0.05) is 17.7 Å². The van der Waals surface area contributed by atoms with Gasteiger partial charge in [0.05, 0.1) is 22.2 Å². The van der Waals surface area contributed by atoms with Crippen molar-refractivity contribution in [2.75, 3.05) is 17.5 Å². The van der Waals surface area contributed by atoms with E-state index in [-0.39, 0.29) is 51.4 Å². The number of rotatable bonds is 5. The van der Waals surface area contributed by atoms with Crippen LogP contribution in [0.15, 0.2) is 59.5 Å². The highest BCUT2D eigenvalue weighted by molar-refractivity contribution is 7.92. The molecule has 0 atom stereocenters. The molecule has 0 N–H and O–H groups in total. The third-order valence-electron chi connectivity index (χ3n) is 4.70. The van der Waals surface area contributed by atoms with Crippen LogP contribution in [0.1, 0.15) is 0 Å². The molecule has 0 aromatic heterocycles. The second kappa shape index (κ2) is 8.51. The lowest BCUT2D eigenvalue weighted by molar-refractivity contribution is -0.0499. The van der Waals surface area contributed by atoms with E-state index in [2.05, 4.69) is 4.74 Å². The van der Waals surface area contributed by atoms with Crippen LogP contribution < -0.4 is 13.8 Å². The van der Waals surface area contributed by atoms with Crippen LogP contribution in [0.3, 0.4) is 0 Å². The number of fused-ring (bicyclic) bond motifs is 1. The molecule has 168 valence electrons. The van der Waals surface area contributed by atoms with Gasteiger partial charge in [-0.1, -0.05) is 23.7 Å². The highest BCUT2D eigenvalue weighted by Gasteiger charge is 2.31. The largest absolute Gasteiger partial charge is 0.489 e. The van der Waals surface area contributed by atoms with Gasteiger partial charge in [0.1, 0.15) is 29.7 Å². The summed E-state index contributed by atoms with van der Waals surface area (Å²) in [5, 5.41) is -0.325. The Balaban J connectivity index is 1.79. The van der Waals surface area contributed by atoms with E-state index in [1.54, 1.807) is 0 Å². The summed E-state index contributed by atoms with van der Waals surface area (Å²) in [6.45, 7) is -3.16. The molecule has 0 amide bonds. The zero-order valence-electron chi connectivity index (χ0n) is 16.1. The fourth-order valence-electron chi connectivity index (χ4n) is 3.31. The summed E-state index contributed by atoms with van der Waals surface area (Å²) >= 11 is 5.98. The van der Waals surface area contributed by atoms with Crippen molar-refractivity contribution in [3.63, 3.8) is 0 Å². The first kappa shape index (κ1) is 22.2. The number of alkyl halides is 2. The molecular formula is C21H14ClF4NO4S. The van der Waals surface area contributed by atoms with Gasteiger partial charge in [0.15, 0.2) is 0 Å². The van der Waals surface area contributed by atoms with Crippen LogP contribution in [-0.2, 0) is 10.0 Å². The molecule has 0 aliphatic carbocycles. The predicted octanol–water partition coefficient (Wildman–Crippen LogP) is 5.47. The maximum Gasteiger partial charge on any atom is 0.387 e. The average Bonchev–Trinajstić information content (AvgIpc) is 2.75. The van der Waals surface area contributed by atoms with Gasteiger partial charge in [-0.3, -0.25) is 4.31 Å². The topological polar surface area (TPSA) is 55.8 Å². The van der Waals surface area contributed by atoms with Crippen LogP contribution in [0.4, 0.5) is 23.2 Å². The number of halogens is 5. The van der Waals surface area contributed by atoms with Gasteiger partial charge >= 0.3 is 6.61 Å². The predicted molar refractivity (Wildman–Crippen MR) is 110 cm³/mol. The zero-order chi connectivity index (χ0) is 23.0. The van der Waals surface area contributed by atoms with E-state index in [1.807, 2.05) is 0 Å². The number of sulfonamides is 1. The van der Waals surface area contributed by atoms with Gasteiger partial charge in [-0.25, -0.2) is 17.2 Å². The molecule has 11 heteroatoms. The Hall–Kier alpha value is -2.98. The first-order chi connectivity index (χ1) is 15.2. The molecule has 0 bridgehead atoms. The summed E-state index contributed by atoms with van der Waals surface area (Å²) in [5.74, 6) is -1.91. The van der Waals surface area contributed by atoms with E-state index in [0.29, 0.717) is 6.07 Å². The Labute approximate surface area is 185 Å². The minimum Gasteiger partial charge on any atom is -0.489 e. The van der Waals surface area contributed by atoms with Crippen LogP contribution in [-0.4, -0.2) is 28.2 Å². The van der Waals surface area contributed by atoms with Crippen LogP contribution in [0, 0.1) is 11.6 Å². The minimum atomic E-state index is -4.21. The highest BCUT2D eigenvalue weighted by atomic mass is 35.5. The van der Waals surface area contributed by atoms with Crippen molar-refractivity contribution < 1.29 is 35.5 Å². The van der Waals surface area contributed by atoms with Crippen LogP contribution >= 0.6 is 11.6 Å². The van der Waals surface area contributed by atoms with E-state index < -0.39 is 28.3 Å². The lowest BCUT2D eigenvalue weighted by atomic mass is 10.0. The number of nitrogens with zero attached hydrogens (tertiary/aromatic N) is 1. The van der Waals surface area contributed by atoms with Crippen LogP contribution in [0.25, 0.3) is 11.1 Å². The van der Waals surface area contributed by atoms with E-state index >= 15 is 0 Å². The molecule has 3 aromatic rings. The summed E-state index contributed by atoms with van der Waals surface area (Å²) in [6, 6.07) is 10.7. The van der Waals surface area contributed by atoms with Crippen molar-refractivity contribution in [3.8, 4) is 22.6 Å². The number of hydrogen-bond donors (Lipinski definition) is 0. The van der Waals surface area contributed by atoms with Gasteiger partial charge in [-0.05, 0) is 35.9 Å². The van der Waals surface area contributed by atoms with Gasteiger partial charge < -0.3 is 9.47 Å². The first-order valence-electron chi connectivity index (χ1n) is 9.16. The third kappa shape index (κ3) is 4.20. The van der Waals surface area contributed by atoms with Gasteiger partial charge in [-0.2, -0.15) is 8.78 Å². The molecule has 0 saturated carbocycles. The lowest BCUT2D eigenvalue weighted by Crippen LogP contribution is -2.38. The molecule has 1 aliphatic heterocycles. The average molecular weight is 488 g/mol. The summed E-state index contributed by atoms with van der Waals surface area (Å²) in [5.41, 5.74) is 0.393. The smallest absolute Gasteiger partial charge is 0.387 e. The summed E-state index contributed by atoms with van der Waals surface area (Å²) in [7, 11) is -4.21. The van der Waals surface area contributed by atoms with Crippen molar-refractivity contribution in [2.24, 2.45) is 0 Å². The molecule has 1 heterocycles. The van der Waals surface area contributed by atoms with Crippen LogP contribution in [0.2, 0.25) is 5.02 Å². The molecule has 0 unspecified atom stereocenters. The van der Waals surface area contributed by atoms with Crippen molar-refractivity contribution in [2.45, 2.75) is 11.5 Å². The van der Waals surface area contributed by atoms with Crippen LogP contribution in [0.5, 0.6) is 11.5 Å². The fourth-order valence-corrected chi connectivity index (χ4v) is 5.02.